The molecule has 86 valence electrons. The number of ether oxygens (including phenoxy) is 2. The molecule has 0 bridgehead atoms. The Hall–Kier alpha value is -1.20. The van der Waals surface area contributed by atoms with Crippen LogP contribution in [0.2, 0.25) is 0 Å². The lowest BCUT2D eigenvalue weighted by Gasteiger charge is -1.87. The first kappa shape index (κ1) is 18.6. The molecule has 0 unspecified atom stereocenters. The molecule has 0 amide bonds. The van der Waals surface area contributed by atoms with Crippen LogP contribution in [0, 0.1) is 0 Å². The number of hydrogen-bond acceptors (Lipinski definition) is 4. The van der Waals surface area contributed by atoms with Crippen LogP contribution >= 0.6 is 0 Å². The van der Waals surface area contributed by atoms with Crippen molar-refractivity contribution in [2.24, 2.45) is 0 Å². The van der Waals surface area contributed by atoms with Gasteiger partial charge in [0.2, 0.25) is 0 Å². The molecule has 0 saturated carbocycles. The van der Waals surface area contributed by atoms with Crippen molar-refractivity contribution in [3.05, 3.63) is 0 Å². The molecule has 0 radical (unpaired) electrons. The first-order valence-electron chi connectivity index (χ1n) is 3.69. The number of hydrogen-bond donors (Lipinski definition) is 0. The molecule has 14 heavy (non-hydrogen) atoms. The summed E-state index contributed by atoms with van der Waals surface area (Å²) in [5.41, 5.74) is 0. The highest BCUT2D eigenvalue weighted by molar-refractivity contribution is 5.70. The lowest BCUT2D eigenvalue weighted by molar-refractivity contribution is -0.141. The van der Waals surface area contributed by atoms with E-state index in [2.05, 4.69) is 9.47 Å². The van der Waals surface area contributed by atoms with Crippen molar-refractivity contribution in [1.82, 2.24) is 0 Å². The van der Waals surface area contributed by atoms with Gasteiger partial charge in [0.25, 0.3) is 0 Å². The summed E-state index contributed by atoms with van der Waals surface area (Å²) in [5, 5.41) is 0. The van der Waals surface area contributed by atoms with Crippen molar-refractivity contribution < 1.29 is 27.8 Å². The van der Waals surface area contributed by atoms with Gasteiger partial charge in [0.05, 0.1) is 21.4 Å². The summed E-state index contributed by atoms with van der Waals surface area (Å²) in [6.45, 7) is 0.725. The molecular weight excluding hydrogens is 198 g/mol. The maximum Gasteiger partial charge on any atom is 0.337 e. The van der Waals surface area contributed by atoms with Crippen molar-refractivity contribution >= 4 is 11.9 Å². The van der Waals surface area contributed by atoms with E-state index >= 15 is 0 Å². The largest absolute Gasteiger partial charge is 0.469 e. The maximum absolute atomic E-state index is 10.9. The molecular formula is C8H16F2O4. The Labute approximate surface area is 82.2 Å². The summed E-state index contributed by atoms with van der Waals surface area (Å²) in [5.74, 6) is -0.981. The van der Waals surface area contributed by atoms with Gasteiger partial charge in [0.15, 0.2) is 6.67 Å². The Morgan fingerprint density at radius 3 is 1.43 bits per heavy atom. The standard InChI is InChI=1S/C4H8O2.C3H5FO2.CH3F/c1-3-4(5)6-2;1-6-3(5)2-4;1-2/h3H2,1-2H3;2H2,1H3;1H3. The molecule has 0 saturated heterocycles. The third kappa shape index (κ3) is 22.4. The third-order valence-corrected chi connectivity index (χ3v) is 0.853. The fourth-order valence-electron chi connectivity index (χ4n) is 0.199. The second-order valence-electron chi connectivity index (χ2n) is 1.64. The summed E-state index contributed by atoms with van der Waals surface area (Å²) in [4.78, 5) is 19.5. The van der Waals surface area contributed by atoms with Crippen LogP contribution in [0.4, 0.5) is 8.78 Å². The summed E-state index contributed by atoms with van der Waals surface area (Å²) in [6.07, 6.45) is 0.469. The highest BCUT2D eigenvalue weighted by atomic mass is 19.1. The highest BCUT2D eigenvalue weighted by Gasteiger charge is 1.91. The summed E-state index contributed by atoms with van der Waals surface area (Å²) >= 11 is 0. The number of alkyl halides is 2. The van der Waals surface area contributed by atoms with E-state index < -0.39 is 12.6 Å². The van der Waals surface area contributed by atoms with Crippen LogP contribution in [0.25, 0.3) is 0 Å². The van der Waals surface area contributed by atoms with Crippen molar-refractivity contribution in [3.8, 4) is 0 Å². The van der Waals surface area contributed by atoms with Gasteiger partial charge in [-0.3, -0.25) is 9.18 Å². The van der Waals surface area contributed by atoms with Crippen LogP contribution in [0.15, 0.2) is 0 Å². The van der Waals surface area contributed by atoms with Crippen LogP contribution in [0.3, 0.4) is 0 Å². The number of methoxy groups -OCH3 is 2. The Morgan fingerprint density at radius 1 is 1.07 bits per heavy atom. The van der Waals surface area contributed by atoms with Crippen LogP contribution in [-0.2, 0) is 19.1 Å². The minimum Gasteiger partial charge on any atom is -0.469 e. The van der Waals surface area contributed by atoms with Crippen molar-refractivity contribution in [2.45, 2.75) is 13.3 Å². The monoisotopic (exact) mass is 214 g/mol. The van der Waals surface area contributed by atoms with Gasteiger partial charge in [0.1, 0.15) is 0 Å². The Morgan fingerprint density at radius 2 is 1.43 bits per heavy atom. The van der Waals surface area contributed by atoms with Crippen molar-refractivity contribution in [3.63, 3.8) is 0 Å². The van der Waals surface area contributed by atoms with Gasteiger partial charge in [-0.2, -0.15) is 0 Å². The van der Waals surface area contributed by atoms with Crippen LogP contribution < -0.4 is 0 Å². The second kappa shape index (κ2) is 17.8. The molecule has 6 heteroatoms. The molecule has 0 fully saturated rings. The molecule has 0 aromatic carbocycles. The zero-order chi connectivity index (χ0) is 12.0. The lowest BCUT2D eigenvalue weighted by Crippen LogP contribution is -2.00. The van der Waals surface area contributed by atoms with E-state index in [4.69, 9.17) is 0 Å². The van der Waals surface area contributed by atoms with Gasteiger partial charge in [-0.15, -0.1) is 0 Å². The summed E-state index contributed by atoms with van der Waals surface area (Å²) < 4.78 is 28.6. The maximum atomic E-state index is 10.9. The quantitative estimate of drug-likeness (QED) is 0.650. The normalized spacial score (nSPS) is 7.00. The number of rotatable bonds is 2. The zero-order valence-electron chi connectivity index (χ0n) is 8.80. The number of halogens is 2. The molecule has 0 aliphatic rings. The van der Waals surface area contributed by atoms with Gasteiger partial charge in [-0.1, -0.05) is 6.92 Å². The van der Waals surface area contributed by atoms with E-state index in [1.165, 1.54) is 7.11 Å². The molecule has 0 N–H and O–H groups in total. The Bertz CT molecular complexity index is 111. The number of esters is 2. The third-order valence-electron chi connectivity index (χ3n) is 0.853. The lowest BCUT2D eigenvalue weighted by atomic mass is 10.5. The van der Waals surface area contributed by atoms with Crippen molar-refractivity contribution in [1.29, 1.82) is 0 Å². The van der Waals surface area contributed by atoms with Gasteiger partial charge in [-0.25, -0.2) is 9.18 Å². The zero-order valence-corrected chi connectivity index (χ0v) is 8.80. The molecule has 0 heterocycles. The van der Waals surface area contributed by atoms with Gasteiger partial charge < -0.3 is 9.47 Å². The van der Waals surface area contributed by atoms with Gasteiger partial charge in [-0.05, 0) is 0 Å². The SMILES string of the molecule is CCC(=O)OC.CF.COC(=O)CF. The molecule has 4 nitrogen and oxygen atoms in total. The van der Waals surface area contributed by atoms with E-state index in [-0.39, 0.29) is 5.97 Å². The average Bonchev–Trinajstić information content (AvgIpc) is 2.30. The summed E-state index contributed by atoms with van der Waals surface area (Å²) in [7, 11) is 3.02. The average molecular weight is 214 g/mol. The topological polar surface area (TPSA) is 52.6 Å². The highest BCUT2D eigenvalue weighted by Crippen LogP contribution is 1.76. The predicted molar refractivity (Wildman–Crippen MR) is 47.3 cm³/mol. The van der Waals surface area contributed by atoms with E-state index in [0.29, 0.717) is 13.6 Å². The van der Waals surface area contributed by atoms with E-state index in [9.17, 15) is 18.4 Å². The molecule has 0 aromatic rings. The fraction of sp³-hybridized carbons (Fsp3) is 0.750. The fourth-order valence-corrected chi connectivity index (χ4v) is 0.199. The van der Waals surface area contributed by atoms with E-state index in [0.717, 1.165) is 7.11 Å². The first-order valence-corrected chi connectivity index (χ1v) is 3.69. The molecule has 0 aliphatic carbocycles. The molecule has 0 atom stereocenters. The number of carbonyl (C=O) groups is 2. The minimum absolute atomic E-state index is 0.157. The Kier molecular flexibility index (Phi) is 23.6. The molecule has 0 aromatic heterocycles. The minimum atomic E-state index is -1.03. The van der Waals surface area contributed by atoms with Crippen LogP contribution in [0.5, 0.6) is 0 Å². The molecule has 0 rings (SSSR count). The molecule has 0 spiro atoms. The second-order valence-corrected chi connectivity index (χ2v) is 1.64. The molecule has 0 aliphatic heterocycles. The van der Waals surface area contributed by atoms with Gasteiger partial charge in [0, 0.05) is 6.42 Å². The van der Waals surface area contributed by atoms with Crippen molar-refractivity contribution in [2.75, 3.05) is 28.1 Å². The van der Waals surface area contributed by atoms with Crippen LogP contribution in [0.1, 0.15) is 13.3 Å². The van der Waals surface area contributed by atoms with Gasteiger partial charge >= 0.3 is 11.9 Å². The van der Waals surface area contributed by atoms with E-state index in [1.807, 2.05) is 0 Å². The first-order chi connectivity index (χ1) is 6.62. The Balaban J connectivity index is -0.000000147. The van der Waals surface area contributed by atoms with Crippen LogP contribution in [-0.4, -0.2) is 40.0 Å². The smallest absolute Gasteiger partial charge is 0.337 e. The van der Waals surface area contributed by atoms with E-state index in [1.54, 1.807) is 6.92 Å². The number of carbonyl (C=O) groups excluding carboxylic acids is 2. The predicted octanol–water partition coefficient (Wildman–Crippen LogP) is 1.28. The summed E-state index contributed by atoms with van der Waals surface area (Å²) in [6, 6.07) is 0.